The number of benzene rings is 7. The first-order valence-corrected chi connectivity index (χ1v) is 15.0. The van der Waals surface area contributed by atoms with E-state index in [1.165, 1.54) is 38.1 Å². The Morgan fingerprint density at radius 3 is 1.75 bits per heavy atom. The predicted molar refractivity (Wildman–Crippen MR) is 186 cm³/mol. The van der Waals surface area contributed by atoms with Gasteiger partial charge < -0.3 is 8.98 Å². The van der Waals surface area contributed by atoms with Gasteiger partial charge >= 0.3 is 0 Å². The molecule has 2 aromatic heterocycles. The van der Waals surface area contributed by atoms with Crippen LogP contribution in [0, 0.1) is 0 Å². The number of hydrogen-bond donors (Lipinski definition) is 0. The number of fused-ring (bicyclic) bond motifs is 11. The maximum absolute atomic E-state index is 6.93. The lowest BCUT2D eigenvalue weighted by Crippen LogP contribution is -1.94. The molecule has 0 saturated carbocycles. The fourth-order valence-corrected chi connectivity index (χ4v) is 6.87. The summed E-state index contributed by atoms with van der Waals surface area (Å²) in [4.78, 5) is 0. The zero-order valence-electron chi connectivity index (χ0n) is 23.9. The summed E-state index contributed by atoms with van der Waals surface area (Å²) in [6.07, 6.45) is 0. The van der Waals surface area contributed by atoms with Crippen molar-refractivity contribution in [3.63, 3.8) is 0 Å². The van der Waals surface area contributed by atoms with Crippen molar-refractivity contribution in [3.05, 3.63) is 164 Å². The molecule has 0 spiro atoms. The number of aromatic nitrogens is 1. The lowest BCUT2D eigenvalue weighted by atomic mass is 9.97. The Hall–Kier alpha value is -5.86. The minimum atomic E-state index is 0.837. The Bertz CT molecular complexity index is 2590. The minimum Gasteiger partial charge on any atom is -0.456 e. The molecule has 0 aliphatic carbocycles. The largest absolute Gasteiger partial charge is 0.456 e. The molecular weight excluding hydrogens is 534 g/mol. The summed E-state index contributed by atoms with van der Waals surface area (Å²) in [5, 5.41) is 9.28. The third-order valence-corrected chi connectivity index (χ3v) is 8.82. The van der Waals surface area contributed by atoms with Crippen molar-refractivity contribution in [1.29, 1.82) is 0 Å². The first-order valence-electron chi connectivity index (χ1n) is 15.0. The third kappa shape index (κ3) is 3.75. The summed E-state index contributed by atoms with van der Waals surface area (Å²) in [7, 11) is 0. The van der Waals surface area contributed by atoms with E-state index in [0.29, 0.717) is 0 Å². The molecule has 9 aromatic rings. The smallest absolute Gasteiger partial charge is 0.135 e. The van der Waals surface area contributed by atoms with Crippen LogP contribution in [0.2, 0.25) is 0 Å². The lowest BCUT2D eigenvalue weighted by Gasteiger charge is -2.11. The highest BCUT2D eigenvalue weighted by molar-refractivity contribution is 6.29. The molecule has 206 valence electrons. The lowest BCUT2D eigenvalue weighted by molar-refractivity contribution is 0.663. The Labute approximate surface area is 254 Å². The average Bonchev–Trinajstić information content (AvgIpc) is 3.45. The summed E-state index contributed by atoms with van der Waals surface area (Å²) < 4.78 is 9.35. The van der Waals surface area contributed by atoms with Gasteiger partial charge in [0.2, 0.25) is 0 Å². The molecule has 0 N–H and O–H groups in total. The molecule has 44 heavy (non-hydrogen) atoms. The minimum absolute atomic E-state index is 0.837. The molecule has 0 unspecified atom stereocenters. The normalized spacial score (nSPS) is 11.6. The van der Waals surface area contributed by atoms with Crippen LogP contribution in [0.15, 0.2) is 168 Å². The van der Waals surface area contributed by atoms with Crippen molar-refractivity contribution in [2.75, 3.05) is 0 Å². The van der Waals surface area contributed by atoms with Crippen LogP contribution < -0.4 is 0 Å². The van der Waals surface area contributed by atoms with E-state index in [2.05, 4.69) is 168 Å². The molecule has 7 aromatic carbocycles. The van der Waals surface area contributed by atoms with Gasteiger partial charge in [0, 0.05) is 32.6 Å². The highest BCUT2D eigenvalue weighted by atomic mass is 16.3. The molecule has 0 saturated heterocycles. The predicted octanol–water partition coefficient (Wildman–Crippen LogP) is 11.8. The molecule has 0 fully saturated rings. The second kappa shape index (κ2) is 9.86. The Kier molecular flexibility index (Phi) is 5.54. The quantitative estimate of drug-likeness (QED) is 0.205. The van der Waals surface area contributed by atoms with Crippen molar-refractivity contribution >= 4 is 65.3 Å². The zero-order valence-corrected chi connectivity index (χ0v) is 23.9. The second-order valence-corrected chi connectivity index (χ2v) is 11.3. The average molecular weight is 562 g/mol. The molecule has 0 aliphatic heterocycles. The maximum atomic E-state index is 6.93. The molecule has 0 amide bonds. The van der Waals surface area contributed by atoms with Crippen molar-refractivity contribution in [2.24, 2.45) is 0 Å². The van der Waals surface area contributed by atoms with Crippen LogP contribution in [0.3, 0.4) is 0 Å². The van der Waals surface area contributed by atoms with E-state index in [9.17, 15) is 0 Å². The van der Waals surface area contributed by atoms with Gasteiger partial charge in [-0.05, 0) is 63.7 Å². The monoisotopic (exact) mass is 561 g/mol. The van der Waals surface area contributed by atoms with Crippen LogP contribution in [0.4, 0.5) is 0 Å². The summed E-state index contributed by atoms with van der Waals surface area (Å²) in [5.74, 6) is 0. The van der Waals surface area contributed by atoms with Crippen LogP contribution >= 0.6 is 0 Å². The fraction of sp³-hybridized carbons (Fsp3) is 0. The van der Waals surface area contributed by atoms with E-state index in [1.807, 2.05) is 0 Å². The van der Waals surface area contributed by atoms with Crippen molar-refractivity contribution in [2.45, 2.75) is 0 Å². The van der Waals surface area contributed by atoms with E-state index in [1.54, 1.807) is 0 Å². The number of nitrogens with zero attached hydrogens (tertiary/aromatic N) is 1. The summed E-state index contributed by atoms with van der Waals surface area (Å²) in [6, 6.07) is 58.4. The molecule has 2 heteroatoms. The molecule has 9 rings (SSSR count). The van der Waals surface area contributed by atoms with Crippen molar-refractivity contribution < 1.29 is 4.42 Å². The van der Waals surface area contributed by atoms with Gasteiger partial charge in [-0.1, -0.05) is 127 Å². The molecule has 0 atom stereocenters. The van der Waals surface area contributed by atoms with Gasteiger partial charge in [-0.15, -0.1) is 0 Å². The van der Waals surface area contributed by atoms with Gasteiger partial charge in [-0.3, -0.25) is 0 Å². The van der Waals surface area contributed by atoms with E-state index >= 15 is 0 Å². The number of para-hydroxylation sites is 3. The summed E-state index contributed by atoms with van der Waals surface area (Å²) >= 11 is 0. The Balaban J connectivity index is 1.65. The summed E-state index contributed by atoms with van der Waals surface area (Å²) in [5.41, 5.74) is 7.49. The highest BCUT2D eigenvalue weighted by Gasteiger charge is 2.18. The second-order valence-electron chi connectivity index (χ2n) is 11.3. The molecular formula is C42H27NO. The Morgan fingerprint density at radius 1 is 0.364 bits per heavy atom. The van der Waals surface area contributed by atoms with E-state index in [4.69, 9.17) is 4.42 Å². The third-order valence-electron chi connectivity index (χ3n) is 8.82. The van der Waals surface area contributed by atoms with Gasteiger partial charge in [0.25, 0.3) is 0 Å². The topological polar surface area (TPSA) is 18.1 Å². The number of rotatable bonds is 2. The zero-order chi connectivity index (χ0) is 29.0. The summed E-state index contributed by atoms with van der Waals surface area (Å²) in [6.45, 7) is 0. The first-order chi connectivity index (χ1) is 21.8. The van der Waals surface area contributed by atoms with Gasteiger partial charge in [-0.25, -0.2) is 0 Å². The molecule has 0 aliphatic rings. The van der Waals surface area contributed by atoms with E-state index < -0.39 is 0 Å². The van der Waals surface area contributed by atoms with E-state index in [0.717, 1.165) is 44.0 Å². The van der Waals surface area contributed by atoms with Gasteiger partial charge in [0.1, 0.15) is 11.2 Å². The Morgan fingerprint density at radius 2 is 0.955 bits per heavy atom. The van der Waals surface area contributed by atoms with Crippen LogP contribution in [0.25, 0.3) is 82.1 Å². The maximum Gasteiger partial charge on any atom is 0.135 e. The fourth-order valence-electron chi connectivity index (χ4n) is 6.87. The van der Waals surface area contributed by atoms with Crippen molar-refractivity contribution in [1.82, 2.24) is 4.57 Å². The SMILES string of the molecule is c1ccc(-c2ccc3oc4ccccc4c4ccccc4c4ccc5c6ccccc6n(-c6ccccc6)c5c4c3c2)cc1. The van der Waals surface area contributed by atoms with Gasteiger partial charge in [-0.2, -0.15) is 0 Å². The molecule has 0 bridgehead atoms. The van der Waals surface area contributed by atoms with Crippen LogP contribution in [0.5, 0.6) is 0 Å². The standard InChI is InChI=1S/C42H27NO/c1-3-13-28(14-4-1)29-23-26-40-37(27-29)41-35(32-18-8-7-17-31(32)34-20-10-12-22-39(34)44-40)24-25-36-33-19-9-11-21-38(33)43(42(36)41)30-15-5-2-6-16-30/h1-27H. The molecule has 0 radical (unpaired) electrons. The molecule has 2 heterocycles. The van der Waals surface area contributed by atoms with Crippen LogP contribution in [0.1, 0.15) is 0 Å². The van der Waals surface area contributed by atoms with E-state index in [-0.39, 0.29) is 0 Å². The number of hydrogen-bond acceptors (Lipinski definition) is 1. The van der Waals surface area contributed by atoms with Gasteiger partial charge in [0.15, 0.2) is 0 Å². The van der Waals surface area contributed by atoms with Crippen LogP contribution in [-0.2, 0) is 0 Å². The van der Waals surface area contributed by atoms with Crippen LogP contribution in [-0.4, -0.2) is 4.57 Å². The first kappa shape index (κ1) is 24.7. The van der Waals surface area contributed by atoms with Crippen molar-refractivity contribution in [3.8, 4) is 16.8 Å². The molecule has 2 nitrogen and oxygen atoms in total. The highest BCUT2D eigenvalue weighted by Crippen LogP contribution is 2.42. The van der Waals surface area contributed by atoms with Gasteiger partial charge in [0.05, 0.1) is 11.0 Å².